The van der Waals surface area contributed by atoms with Gasteiger partial charge in [-0.15, -0.1) is 0 Å². The standard InChI is InChI=1S/C19H29N3O4/c1-12(23)21-14-8-9-17(26-2)16(11-14)22-19(25)18(24)15(20)10-13-6-4-3-5-7-13/h8-9,11,13,15,18,24H,3-7,10,20H2,1-2H3,(H,21,23)(H,22,25)/t15-,18?/m1/s1. The molecule has 7 heteroatoms. The zero-order valence-corrected chi connectivity index (χ0v) is 15.5. The topological polar surface area (TPSA) is 114 Å². The fourth-order valence-electron chi connectivity index (χ4n) is 3.42. The summed E-state index contributed by atoms with van der Waals surface area (Å²) in [4.78, 5) is 23.6. The minimum absolute atomic E-state index is 0.220. The predicted molar refractivity (Wildman–Crippen MR) is 101 cm³/mol. The smallest absolute Gasteiger partial charge is 0.254 e. The van der Waals surface area contributed by atoms with E-state index < -0.39 is 18.1 Å². The summed E-state index contributed by atoms with van der Waals surface area (Å²) in [5.74, 6) is 0.105. The van der Waals surface area contributed by atoms with Crippen molar-refractivity contribution in [2.75, 3.05) is 17.7 Å². The molecule has 2 amide bonds. The van der Waals surface area contributed by atoms with Gasteiger partial charge in [-0.1, -0.05) is 32.1 Å². The molecule has 0 saturated heterocycles. The van der Waals surface area contributed by atoms with Gasteiger partial charge in [0.2, 0.25) is 5.91 Å². The zero-order chi connectivity index (χ0) is 19.1. The monoisotopic (exact) mass is 363 g/mol. The molecule has 0 aromatic heterocycles. The molecular formula is C19H29N3O4. The summed E-state index contributed by atoms with van der Waals surface area (Å²) in [6, 6.07) is 4.27. The highest BCUT2D eigenvalue weighted by Gasteiger charge is 2.27. The molecule has 1 aromatic carbocycles. The second-order valence-corrected chi connectivity index (χ2v) is 6.93. The molecule has 0 aliphatic heterocycles. The molecule has 7 nitrogen and oxygen atoms in total. The van der Waals surface area contributed by atoms with Crippen LogP contribution in [-0.4, -0.2) is 36.2 Å². The SMILES string of the molecule is COc1ccc(NC(C)=O)cc1NC(=O)C(O)[C@H](N)CC1CCCCC1. The van der Waals surface area contributed by atoms with Gasteiger partial charge in [0.25, 0.3) is 5.91 Å². The van der Waals surface area contributed by atoms with Crippen LogP contribution in [0, 0.1) is 5.92 Å². The first-order valence-electron chi connectivity index (χ1n) is 9.11. The maximum atomic E-state index is 12.4. The van der Waals surface area contributed by atoms with E-state index in [1.807, 2.05) is 0 Å². The Morgan fingerprint density at radius 1 is 1.27 bits per heavy atom. The van der Waals surface area contributed by atoms with E-state index in [2.05, 4.69) is 10.6 Å². The fraction of sp³-hybridized carbons (Fsp3) is 0.579. The molecule has 0 bridgehead atoms. The fourth-order valence-corrected chi connectivity index (χ4v) is 3.42. The highest BCUT2D eigenvalue weighted by atomic mass is 16.5. The maximum absolute atomic E-state index is 12.4. The van der Waals surface area contributed by atoms with Gasteiger partial charge in [0.15, 0.2) is 0 Å². The predicted octanol–water partition coefficient (Wildman–Crippen LogP) is 2.25. The van der Waals surface area contributed by atoms with Gasteiger partial charge in [0.05, 0.1) is 12.8 Å². The van der Waals surface area contributed by atoms with Crippen LogP contribution in [0.1, 0.15) is 45.4 Å². The number of aliphatic hydroxyl groups excluding tert-OH is 1. The molecule has 2 rings (SSSR count). The Morgan fingerprint density at radius 3 is 2.58 bits per heavy atom. The van der Waals surface area contributed by atoms with E-state index in [1.165, 1.54) is 33.3 Å². The number of methoxy groups -OCH3 is 1. The summed E-state index contributed by atoms with van der Waals surface area (Å²) in [5.41, 5.74) is 6.96. The van der Waals surface area contributed by atoms with Crippen molar-refractivity contribution in [3.8, 4) is 5.75 Å². The Labute approximate surface area is 154 Å². The van der Waals surface area contributed by atoms with Gasteiger partial charge in [-0.2, -0.15) is 0 Å². The first-order valence-corrected chi connectivity index (χ1v) is 9.11. The van der Waals surface area contributed by atoms with Crippen LogP contribution in [0.25, 0.3) is 0 Å². The van der Waals surface area contributed by atoms with E-state index >= 15 is 0 Å². The number of carbonyl (C=O) groups excluding carboxylic acids is 2. The molecule has 144 valence electrons. The Bertz CT molecular complexity index is 629. The Balaban J connectivity index is 2.01. The number of amides is 2. The molecule has 2 atom stereocenters. The Hall–Kier alpha value is -2.12. The number of hydrogen-bond acceptors (Lipinski definition) is 5. The van der Waals surface area contributed by atoms with Crippen molar-refractivity contribution in [1.29, 1.82) is 0 Å². The van der Waals surface area contributed by atoms with E-state index in [0.29, 0.717) is 29.5 Å². The van der Waals surface area contributed by atoms with Crippen LogP contribution in [0.2, 0.25) is 0 Å². The van der Waals surface area contributed by atoms with Gasteiger partial charge in [-0.3, -0.25) is 9.59 Å². The highest BCUT2D eigenvalue weighted by molar-refractivity contribution is 5.97. The van der Waals surface area contributed by atoms with Crippen LogP contribution in [0.5, 0.6) is 5.75 Å². The van der Waals surface area contributed by atoms with E-state index in [-0.39, 0.29) is 5.91 Å². The minimum atomic E-state index is -1.30. The summed E-state index contributed by atoms with van der Waals surface area (Å²) in [7, 11) is 1.48. The van der Waals surface area contributed by atoms with Crippen molar-refractivity contribution in [2.45, 2.75) is 57.6 Å². The third-order valence-corrected chi connectivity index (χ3v) is 4.78. The number of anilines is 2. The van der Waals surface area contributed by atoms with Crippen LogP contribution in [0.3, 0.4) is 0 Å². The Kier molecular flexibility index (Phi) is 7.41. The number of nitrogens with one attached hydrogen (secondary N) is 2. The lowest BCUT2D eigenvalue weighted by Gasteiger charge is -2.26. The van der Waals surface area contributed by atoms with Crippen LogP contribution in [0.15, 0.2) is 18.2 Å². The molecule has 1 aliphatic rings. The van der Waals surface area contributed by atoms with Gasteiger partial charge in [-0.05, 0) is 30.5 Å². The van der Waals surface area contributed by atoms with Gasteiger partial charge in [-0.25, -0.2) is 0 Å². The highest BCUT2D eigenvalue weighted by Crippen LogP contribution is 2.29. The third-order valence-electron chi connectivity index (χ3n) is 4.78. The lowest BCUT2D eigenvalue weighted by atomic mass is 9.84. The summed E-state index contributed by atoms with van der Waals surface area (Å²) in [6.45, 7) is 1.40. The summed E-state index contributed by atoms with van der Waals surface area (Å²) >= 11 is 0. The van der Waals surface area contributed by atoms with Crippen molar-refractivity contribution in [2.24, 2.45) is 11.7 Å². The molecule has 1 fully saturated rings. The Morgan fingerprint density at radius 2 is 1.96 bits per heavy atom. The molecule has 1 aromatic rings. The first kappa shape index (κ1) is 20.2. The summed E-state index contributed by atoms with van der Waals surface area (Å²) in [6.07, 6.45) is 5.17. The van der Waals surface area contributed by atoms with Gasteiger partial charge >= 0.3 is 0 Å². The number of carbonyl (C=O) groups is 2. The molecule has 1 saturated carbocycles. The van der Waals surface area contributed by atoms with Crippen LogP contribution in [0.4, 0.5) is 11.4 Å². The number of hydrogen-bond donors (Lipinski definition) is 4. The molecule has 1 unspecified atom stereocenters. The average Bonchev–Trinajstić information content (AvgIpc) is 2.61. The number of ether oxygens (including phenoxy) is 1. The second kappa shape index (κ2) is 9.54. The van der Waals surface area contributed by atoms with E-state index in [0.717, 1.165) is 12.8 Å². The molecule has 0 heterocycles. The van der Waals surface area contributed by atoms with E-state index in [9.17, 15) is 14.7 Å². The zero-order valence-electron chi connectivity index (χ0n) is 15.5. The van der Waals surface area contributed by atoms with Crippen LogP contribution in [-0.2, 0) is 9.59 Å². The number of nitrogens with two attached hydrogens (primary N) is 1. The van der Waals surface area contributed by atoms with Crippen LogP contribution < -0.4 is 21.1 Å². The summed E-state index contributed by atoms with van der Waals surface area (Å²) in [5, 5.41) is 15.6. The normalized spacial score (nSPS) is 17.2. The average molecular weight is 363 g/mol. The molecule has 0 radical (unpaired) electrons. The molecule has 0 spiro atoms. The van der Waals surface area contributed by atoms with Crippen molar-refractivity contribution < 1.29 is 19.4 Å². The summed E-state index contributed by atoms with van der Waals surface area (Å²) < 4.78 is 5.23. The molecule has 26 heavy (non-hydrogen) atoms. The number of aliphatic hydroxyl groups is 1. The largest absolute Gasteiger partial charge is 0.495 e. The van der Waals surface area contributed by atoms with E-state index in [4.69, 9.17) is 10.5 Å². The van der Waals surface area contributed by atoms with Crippen molar-refractivity contribution >= 4 is 23.2 Å². The van der Waals surface area contributed by atoms with Crippen molar-refractivity contribution in [3.63, 3.8) is 0 Å². The maximum Gasteiger partial charge on any atom is 0.254 e. The molecular weight excluding hydrogens is 334 g/mol. The van der Waals surface area contributed by atoms with Crippen molar-refractivity contribution in [3.05, 3.63) is 18.2 Å². The lowest BCUT2D eigenvalue weighted by molar-refractivity contribution is -0.125. The second-order valence-electron chi connectivity index (χ2n) is 6.93. The van der Waals surface area contributed by atoms with Crippen LogP contribution >= 0.6 is 0 Å². The van der Waals surface area contributed by atoms with Gasteiger partial charge in [0, 0.05) is 18.7 Å². The third kappa shape index (κ3) is 5.71. The van der Waals surface area contributed by atoms with E-state index in [1.54, 1.807) is 18.2 Å². The quantitative estimate of drug-likeness (QED) is 0.593. The first-order chi connectivity index (χ1) is 12.4. The molecule has 5 N–H and O–H groups in total. The van der Waals surface area contributed by atoms with Crippen molar-refractivity contribution in [1.82, 2.24) is 0 Å². The number of benzene rings is 1. The van der Waals surface area contributed by atoms with Gasteiger partial charge < -0.3 is 26.2 Å². The lowest BCUT2D eigenvalue weighted by Crippen LogP contribution is -2.44. The van der Waals surface area contributed by atoms with Gasteiger partial charge in [0.1, 0.15) is 11.9 Å². The minimum Gasteiger partial charge on any atom is -0.495 e. The molecule has 1 aliphatic carbocycles. The number of rotatable bonds is 7.